The van der Waals surface area contributed by atoms with Gasteiger partial charge in [-0.3, -0.25) is 0 Å². The van der Waals surface area contributed by atoms with Crippen molar-refractivity contribution in [1.29, 1.82) is 0 Å². The molecule has 3 rings (SSSR count). The molecule has 1 heteroatoms. The molecule has 1 aliphatic rings. The molecule has 2 N–H and O–H groups in total. The van der Waals surface area contributed by atoms with Crippen LogP contribution in [-0.2, 0) is 6.42 Å². The Morgan fingerprint density at radius 2 is 1.56 bits per heavy atom. The molecule has 0 amide bonds. The van der Waals surface area contributed by atoms with Crippen molar-refractivity contribution in [3.05, 3.63) is 71.8 Å². The van der Waals surface area contributed by atoms with Crippen molar-refractivity contribution < 1.29 is 0 Å². The molecule has 0 saturated heterocycles. The van der Waals surface area contributed by atoms with E-state index in [1.807, 2.05) is 0 Å². The van der Waals surface area contributed by atoms with Gasteiger partial charge < -0.3 is 5.73 Å². The fourth-order valence-corrected chi connectivity index (χ4v) is 2.75. The number of rotatable bonds is 4. The third-order valence-electron chi connectivity index (χ3n) is 4.04. The first-order chi connectivity index (χ1) is 8.78. The third-order valence-corrected chi connectivity index (χ3v) is 4.04. The van der Waals surface area contributed by atoms with Crippen LogP contribution < -0.4 is 5.73 Å². The van der Waals surface area contributed by atoms with E-state index in [0.29, 0.717) is 5.92 Å². The summed E-state index contributed by atoms with van der Waals surface area (Å²) in [6, 6.07) is 21.3. The highest BCUT2D eigenvalue weighted by molar-refractivity contribution is 5.33. The Balaban J connectivity index is 1.62. The Morgan fingerprint density at radius 3 is 2.22 bits per heavy atom. The summed E-state index contributed by atoms with van der Waals surface area (Å²) >= 11 is 0. The Morgan fingerprint density at radius 1 is 0.944 bits per heavy atom. The Labute approximate surface area is 109 Å². The van der Waals surface area contributed by atoms with Crippen LogP contribution in [0.5, 0.6) is 0 Å². The van der Waals surface area contributed by atoms with Gasteiger partial charge >= 0.3 is 0 Å². The average Bonchev–Trinajstić information content (AvgIpc) is 3.12. The zero-order chi connectivity index (χ0) is 12.4. The minimum absolute atomic E-state index is 0.0250. The molecular formula is C17H19N. The zero-order valence-corrected chi connectivity index (χ0v) is 10.5. The Bertz CT molecular complexity index is 506. The molecule has 0 aliphatic heterocycles. The SMILES string of the molecule is N[C@]1(CCc2ccccc2)C[C@@H]1c1ccccc1. The predicted molar refractivity (Wildman–Crippen MR) is 75.5 cm³/mol. The molecule has 92 valence electrons. The van der Waals surface area contributed by atoms with E-state index < -0.39 is 0 Å². The number of nitrogens with two attached hydrogens (primary N) is 1. The van der Waals surface area contributed by atoms with Gasteiger partial charge in [0.05, 0.1) is 0 Å². The molecule has 1 fully saturated rings. The second-order valence-electron chi connectivity index (χ2n) is 5.39. The maximum absolute atomic E-state index is 6.47. The van der Waals surface area contributed by atoms with Crippen LogP contribution in [0.1, 0.15) is 29.9 Å². The number of hydrogen-bond acceptors (Lipinski definition) is 1. The molecule has 1 saturated carbocycles. The van der Waals surface area contributed by atoms with Gasteiger partial charge in [-0.05, 0) is 30.4 Å². The molecule has 0 bridgehead atoms. The van der Waals surface area contributed by atoms with Crippen molar-refractivity contribution in [3.63, 3.8) is 0 Å². The number of aryl methyl sites for hydroxylation is 1. The van der Waals surface area contributed by atoms with Gasteiger partial charge in [0, 0.05) is 11.5 Å². The molecule has 0 unspecified atom stereocenters. The first kappa shape index (κ1) is 11.5. The van der Waals surface area contributed by atoms with Crippen LogP contribution in [0.4, 0.5) is 0 Å². The van der Waals surface area contributed by atoms with Crippen molar-refractivity contribution in [2.45, 2.75) is 30.7 Å². The van der Waals surface area contributed by atoms with Crippen LogP contribution in [0, 0.1) is 0 Å². The van der Waals surface area contributed by atoms with E-state index in [4.69, 9.17) is 5.73 Å². The first-order valence-electron chi connectivity index (χ1n) is 6.66. The van der Waals surface area contributed by atoms with E-state index in [1.165, 1.54) is 11.1 Å². The fraction of sp³-hybridized carbons (Fsp3) is 0.294. The van der Waals surface area contributed by atoms with E-state index >= 15 is 0 Å². The highest BCUT2D eigenvalue weighted by atomic mass is 14.9. The van der Waals surface area contributed by atoms with Crippen LogP contribution in [0.25, 0.3) is 0 Å². The lowest BCUT2D eigenvalue weighted by atomic mass is 10.00. The summed E-state index contributed by atoms with van der Waals surface area (Å²) in [6.07, 6.45) is 3.29. The van der Waals surface area contributed by atoms with Crippen molar-refractivity contribution >= 4 is 0 Å². The molecule has 0 spiro atoms. The van der Waals surface area contributed by atoms with Gasteiger partial charge in [0.25, 0.3) is 0 Å². The third kappa shape index (κ3) is 2.32. The standard InChI is InChI=1S/C17H19N/c18-17(12-11-14-7-3-1-4-8-14)13-16(17)15-9-5-2-6-10-15/h1-10,16H,11-13,18H2/t16-,17-/m1/s1. The van der Waals surface area contributed by atoms with E-state index in [-0.39, 0.29) is 5.54 Å². The van der Waals surface area contributed by atoms with Gasteiger partial charge in [-0.25, -0.2) is 0 Å². The normalized spacial score (nSPS) is 25.9. The lowest BCUT2D eigenvalue weighted by Gasteiger charge is -2.11. The molecule has 2 aromatic rings. The molecule has 0 aromatic heterocycles. The monoisotopic (exact) mass is 237 g/mol. The summed E-state index contributed by atoms with van der Waals surface area (Å²) in [5.74, 6) is 0.558. The second-order valence-corrected chi connectivity index (χ2v) is 5.39. The van der Waals surface area contributed by atoms with Crippen LogP contribution in [0.2, 0.25) is 0 Å². The van der Waals surface area contributed by atoms with E-state index in [0.717, 1.165) is 19.3 Å². The molecule has 2 aromatic carbocycles. The van der Waals surface area contributed by atoms with Gasteiger partial charge in [-0.1, -0.05) is 60.7 Å². The van der Waals surface area contributed by atoms with Crippen molar-refractivity contribution in [2.75, 3.05) is 0 Å². The number of hydrogen-bond donors (Lipinski definition) is 1. The summed E-state index contributed by atoms with van der Waals surface area (Å²) in [7, 11) is 0. The quantitative estimate of drug-likeness (QED) is 0.865. The maximum atomic E-state index is 6.47. The first-order valence-corrected chi connectivity index (χ1v) is 6.66. The molecular weight excluding hydrogens is 218 g/mol. The Hall–Kier alpha value is -1.60. The van der Waals surface area contributed by atoms with E-state index in [1.54, 1.807) is 0 Å². The van der Waals surface area contributed by atoms with E-state index in [9.17, 15) is 0 Å². The number of benzene rings is 2. The fourth-order valence-electron chi connectivity index (χ4n) is 2.75. The summed E-state index contributed by atoms with van der Waals surface area (Å²) < 4.78 is 0. The van der Waals surface area contributed by atoms with Crippen molar-refractivity contribution in [3.8, 4) is 0 Å². The van der Waals surface area contributed by atoms with Crippen LogP contribution in [0.15, 0.2) is 60.7 Å². The van der Waals surface area contributed by atoms with Crippen LogP contribution in [-0.4, -0.2) is 5.54 Å². The predicted octanol–water partition coefficient (Wildman–Crippen LogP) is 3.50. The summed E-state index contributed by atoms with van der Waals surface area (Å²) in [5, 5.41) is 0. The van der Waals surface area contributed by atoms with Gasteiger partial charge in [0.1, 0.15) is 0 Å². The van der Waals surface area contributed by atoms with Crippen LogP contribution >= 0.6 is 0 Å². The largest absolute Gasteiger partial charge is 0.325 e. The molecule has 0 radical (unpaired) electrons. The molecule has 18 heavy (non-hydrogen) atoms. The van der Waals surface area contributed by atoms with Crippen molar-refractivity contribution in [1.82, 2.24) is 0 Å². The topological polar surface area (TPSA) is 26.0 Å². The van der Waals surface area contributed by atoms with Gasteiger partial charge in [-0.2, -0.15) is 0 Å². The molecule has 1 aliphatic carbocycles. The molecule has 0 heterocycles. The van der Waals surface area contributed by atoms with Gasteiger partial charge in [0.15, 0.2) is 0 Å². The minimum Gasteiger partial charge on any atom is -0.325 e. The summed E-state index contributed by atoms with van der Waals surface area (Å²) in [6.45, 7) is 0. The smallest absolute Gasteiger partial charge is 0.0234 e. The lowest BCUT2D eigenvalue weighted by Crippen LogP contribution is -2.25. The molecule has 1 nitrogen and oxygen atoms in total. The van der Waals surface area contributed by atoms with Crippen LogP contribution in [0.3, 0.4) is 0 Å². The lowest BCUT2D eigenvalue weighted by molar-refractivity contribution is 0.589. The second kappa shape index (κ2) is 4.58. The van der Waals surface area contributed by atoms with Gasteiger partial charge in [-0.15, -0.1) is 0 Å². The van der Waals surface area contributed by atoms with Crippen molar-refractivity contribution in [2.24, 2.45) is 5.73 Å². The highest BCUT2D eigenvalue weighted by Gasteiger charge is 2.50. The minimum atomic E-state index is 0.0250. The van der Waals surface area contributed by atoms with Gasteiger partial charge in [0.2, 0.25) is 0 Å². The Kier molecular flexibility index (Phi) is 2.92. The zero-order valence-electron chi connectivity index (χ0n) is 10.5. The average molecular weight is 237 g/mol. The summed E-state index contributed by atoms with van der Waals surface area (Å²) in [4.78, 5) is 0. The molecule has 2 atom stereocenters. The van der Waals surface area contributed by atoms with E-state index in [2.05, 4.69) is 60.7 Å². The maximum Gasteiger partial charge on any atom is 0.0234 e. The summed E-state index contributed by atoms with van der Waals surface area (Å²) in [5.41, 5.74) is 9.28. The highest BCUT2D eigenvalue weighted by Crippen LogP contribution is 2.51.